The zero-order chi connectivity index (χ0) is 22.8. The molecule has 170 valence electrons. The Morgan fingerprint density at radius 3 is 2.28 bits per heavy atom. The molecule has 1 aromatic heterocycles. The lowest BCUT2D eigenvalue weighted by atomic mass is 10.2. The van der Waals surface area contributed by atoms with Crippen LogP contribution in [0.15, 0.2) is 58.3 Å². The van der Waals surface area contributed by atoms with Gasteiger partial charge in [-0.15, -0.1) is 10.2 Å². The number of ether oxygens (including phenoxy) is 1. The number of aromatic nitrogens is 4. The Balaban J connectivity index is 1.59. The lowest BCUT2D eigenvalue weighted by molar-refractivity contribution is 0.0730. The van der Waals surface area contributed by atoms with Gasteiger partial charge in [-0.2, -0.15) is 9.10 Å². The molecule has 1 fully saturated rings. The first-order valence-electron chi connectivity index (χ1n) is 9.89. The number of nitrogens with one attached hydrogen (secondary N) is 1. The number of benzene rings is 2. The van der Waals surface area contributed by atoms with Crippen LogP contribution in [0.2, 0.25) is 0 Å². The summed E-state index contributed by atoms with van der Waals surface area (Å²) in [6, 6.07) is 11.8. The summed E-state index contributed by atoms with van der Waals surface area (Å²) in [6.07, 6.45) is 0. The van der Waals surface area contributed by atoms with E-state index in [2.05, 4.69) is 20.1 Å². The Labute approximate surface area is 186 Å². The minimum absolute atomic E-state index is 0.0270. The van der Waals surface area contributed by atoms with E-state index in [1.165, 1.54) is 33.4 Å². The van der Waals surface area contributed by atoms with Crippen LogP contribution in [-0.4, -0.2) is 67.7 Å². The van der Waals surface area contributed by atoms with E-state index in [0.717, 1.165) is 0 Å². The van der Waals surface area contributed by atoms with Crippen LogP contribution in [0.1, 0.15) is 6.92 Å². The van der Waals surface area contributed by atoms with Gasteiger partial charge in [0.25, 0.3) is 10.0 Å². The van der Waals surface area contributed by atoms with E-state index in [-0.39, 0.29) is 34.4 Å². The van der Waals surface area contributed by atoms with Gasteiger partial charge >= 0.3 is 0 Å². The first-order chi connectivity index (χ1) is 15.3. The maximum absolute atomic E-state index is 13.0. The maximum Gasteiger partial charge on any atom is 0.261 e. The van der Waals surface area contributed by atoms with Gasteiger partial charge in [0.15, 0.2) is 0 Å². The molecule has 13 heteroatoms. The number of rotatable bonds is 7. The minimum atomic E-state index is -3.99. The van der Waals surface area contributed by atoms with Crippen LogP contribution >= 0.6 is 0 Å². The van der Waals surface area contributed by atoms with E-state index < -0.39 is 20.0 Å². The van der Waals surface area contributed by atoms with Crippen molar-refractivity contribution in [3.05, 3.63) is 48.5 Å². The summed E-state index contributed by atoms with van der Waals surface area (Å²) in [7, 11) is -7.70. The van der Waals surface area contributed by atoms with Crippen molar-refractivity contribution < 1.29 is 21.6 Å². The molecule has 0 aliphatic carbocycles. The summed E-state index contributed by atoms with van der Waals surface area (Å²) >= 11 is 0. The van der Waals surface area contributed by atoms with E-state index in [9.17, 15) is 16.8 Å². The number of hydrogen-bond donors (Lipinski definition) is 1. The second-order valence-electron chi connectivity index (χ2n) is 6.94. The SMILES string of the molecule is CCn1nnc(-c2ccccc2NS(=O)(=O)c2ccc(S(=O)(=O)N3CCOCC3)cc2)n1. The fraction of sp³-hybridized carbons (Fsp3) is 0.316. The fourth-order valence-electron chi connectivity index (χ4n) is 3.18. The van der Waals surface area contributed by atoms with E-state index in [1.807, 2.05) is 6.92 Å². The summed E-state index contributed by atoms with van der Waals surface area (Å²) < 4.78 is 60.5. The highest BCUT2D eigenvalue weighted by Gasteiger charge is 2.27. The van der Waals surface area contributed by atoms with Gasteiger partial charge in [0.1, 0.15) is 0 Å². The van der Waals surface area contributed by atoms with E-state index >= 15 is 0 Å². The van der Waals surface area contributed by atoms with Crippen LogP contribution in [0.5, 0.6) is 0 Å². The smallest absolute Gasteiger partial charge is 0.261 e. The molecule has 1 saturated heterocycles. The summed E-state index contributed by atoms with van der Waals surface area (Å²) in [4.78, 5) is 1.35. The van der Waals surface area contributed by atoms with Crippen LogP contribution in [-0.2, 0) is 31.3 Å². The molecule has 0 atom stereocenters. The van der Waals surface area contributed by atoms with Crippen molar-refractivity contribution in [3.63, 3.8) is 0 Å². The highest BCUT2D eigenvalue weighted by Crippen LogP contribution is 2.27. The van der Waals surface area contributed by atoms with E-state index in [1.54, 1.807) is 24.3 Å². The largest absolute Gasteiger partial charge is 0.379 e. The quantitative estimate of drug-likeness (QED) is 0.535. The lowest BCUT2D eigenvalue weighted by Gasteiger charge is -2.26. The van der Waals surface area contributed by atoms with Gasteiger partial charge in [0.2, 0.25) is 15.8 Å². The molecular weight excluding hydrogens is 456 g/mol. The van der Waals surface area contributed by atoms with Crippen molar-refractivity contribution in [2.75, 3.05) is 31.0 Å². The predicted molar refractivity (Wildman–Crippen MR) is 116 cm³/mol. The third kappa shape index (κ3) is 4.50. The molecular formula is C19H22N6O5S2. The predicted octanol–water partition coefficient (Wildman–Crippen LogP) is 1.18. The van der Waals surface area contributed by atoms with Gasteiger partial charge in [-0.25, -0.2) is 16.8 Å². The zero-order valence-electron chi connectivity index (χ0n) is 17.2. The molecule has 32 heavy (non-hydrogen) atoms. The average molecular weight is 479 g/mol. The molecule has 4 rings (SSSR count). The molecule has 2 heterocycles. The number of hydrogen-bond acceptors (Lipinski definition) is 8. The molecule has 0 saturated carbocycles. The molecule has 1 N–H and O–H groups in total. The second-order valence-corrected chi connectivity index (χ2v) is 10.6. The minimum Gasteiger partial charge on any atom is -0.379 e. The van der Waals surface area contributed by atoms with Crippen molar-refractivity contribution in [1.82, 2.24) is 24.5 Å². The number of anilines is 1. The van der Waals surface area contributed by atoms with Gasteiger partial charge in [-0.1, -0.05) is 12.1 Å². The summed E-state index contributed by atoms with van der Waals surface area (Å²) in [6.45, 7) is 3.57. The van der Waals surface area contributed by atoms with Crippen molar-refractivity contribution >= 4 is 25.7 Å². The van der Waals surface area contributed by atoms with Gasteiger partial charge in [0.05, 0.1) is 35.2 Å². The number of morpholine rings is 1. The third-order valence-electron chi connectivity index (χ3n) is 4.89. The molecule has 0 amide bonds. The molecule has 0 unspecified atom stereocenters. The topological polar surface area (TPSA) is 136 Å². The lowest BCUT2D eigenvalue weighted by Crippen LogP contribution is -2.40. The fourth-order valence-corrected chi connectivity index (χ4v) is 5.67. The molecule has 1 aliphatic rings. The number of aryl methyl sites for hydroxylation is 1. The Morgan fingerprint density at radius 1 is 0.969 bits per heavy atom. The molecule has 0 bridgehead atoms. The monoisotopic (exact) mass is 478 g/mol. The Bertz CT molecular complexity index is 1300. The molecule has 0 radical (unpaired) electrons. The van der Waals surface area contributed by atoms with E-state index in [0.29, 0.717) is 25.3 Å². The Hall–Kier alpha value is -2.87. The zero-order valence-corrected chi connectivity index (χ0v) is 18.9. The van der Waals surface area contributed by atoms with Crippen LogP contribution in [0.25, 0.3) is 11.4 Å². The maximum atomic E-state index is 13.0. The first-order valence-corrected chi connectivity index (χ1v) is 12.8. The van der Waals surface area contributed by atoms with Crippen LogP contribution < -0.4 is 4.72 Å². The molecule has 1 aliphatic heterocycles. The van der Waals surface area contributed by atoms with Crippen molar-refractivity contribution in [2.45, 2.75) is 23.3 Å². The number of nitrogens with zero attached hydrogens (tertiary/aromatic N) is 5. The highest BCUT2D eigenvalue weighted by molar-refractivity contribution is 7.92. The van der Waals surface area contributed by atoms with Gasteiger partial charge < -0.3 is 4.74 Å². The molecule has 0 spiro atoms. The standard InChI is InChI=1S/C19H22N6O5S2/c1-2-25-21-19(20-23-25)17-5-3-4-6-18(17)22-31(26,27)15-7-9-16(10-8-15)32(28,29)24-11-13-30-14-12-24/h3-10,22H,2,11-14H2,1H3. The summed E-state index contributed by atoms with van der Waals surface area (Å²) in [5.74, 6) is 0.289. The van der Waals surface area contributed by atoms with Gasteiger partial charge in [-0.05, 0) is 48.5 Å². The number of tetrazole rings is 1. The normalized spacial score (nSPS) is 15.5. The summed E-state index contributed by atoms with van der Waals surface area (Å²) in [5, 5.41) is 12.1. The first kappa shape index (κ1) is 22.3. The average Bonchev–Trinajstić information content (AvgIpc) is 3.29. The molecule has 11 nitrogen and oxygen atoms in total. The van der Waals surface area contributed by atoms with Crippen LogP contribution in [0.3, 0.4) is 0 Å². The van der Waals surface area contributed by atoms with Crippen molar-refractivity contribution in [2.24, 2.45) is 0 Å². The third-order valence-corrected chi connectivity index (χ3v) is 8.18. The Morgan fingerprint density at radius 2 is 1.62 bits per heavy atom. The van der Waals surface area contributed by atoms with Gasteiger partial charge in [-0.3, -0.25) is 4.72 Å². The summed E-state index contributed by atoms with van der Waals surface area (Å²) in [5.41, 5.74) is 0.760. The van der Waals surface area contributed by atoms with Crippen LogP contribution in [0.4, 0.5) is 5.69 Å². The van der Waals surface area contributed by atoms with E-state index in [4.69, 9.17) is 4.74 Å². The number of sulfonamides is 2. The van der Waals surface area contributed by atoms with Gasteiger partial charge in [0, 0.05) is 18.7 Å². The highest BCUT2D eigenvalue weighted by atomic mass is 32.2. The molecule has 2 aromatic carbocycles. The Kier molecular flexibility index (Phi) is 6.24. The number of para-hydroxylation sites is 1. The molecule has 3 aromatic rings. The van der Waals surface area contributed by atoms with Crippen molar-refractivity contribution in [3.8, 4) is 11.4 Å². The van der Waals surface area contributed by atoms with Crippen LogP contribution in [0, 0.1) is 0 Å². The van der Waals surface area contributed by atoms with Crippen molar-refractivity contribution in [1.29, 1.82) is 0 Å². The second kappa shape index (κ2) is 8.94.